The third kappa shape index (κ3) is 6.42. The van der Waals surface area contributed by atoms with Crippen molar-refractivity contribution in [2.24, 2.45) is 5.10 Å². The molecule has 0 aliphatic heterocycles. The molecule has 0 unspecified atom stereocenters. The Morgan fingerprint density at radius 1 is 0.966 bits per heavy atom. The number of nitrogens with one attached hydrogen (secondary N) is 1. The molecule has 3 aromatic carbocycles. The van der Waals surface area contributed by atoms with Crippen molar-refractivity contribution in [3.05, 3.63) is 95.6 Å². The monoisotopic (exact) mass is 396 g/mol. The van der Waals surface area contributed by atoms with E-state index in [1.165, 1.54) is 6.21 Å². The Hall–Kier alpha value is -3.74. The number of benzene rings is 3. The van der Waals surface area contributed by atoms with Crippen LogP contribution in [0.15, 0.2) is 77.9 Å². The number of halogens is 2. The van der Waals surface area contributed by atoms with Crippen LogP contribution in [0.2, 0.25) is 0 Å². The molecule has 0 atom stereocenters. The highest BCUT2D eigenvalue weighted by Crippen LogP contribution is 2.17. The predicted molar refractivity (Wildman–Crippen MR) is 105 cm³/mol. The number of rotatable bonds is 8. The molecular formula is C22H18F2N2O3. The van der Waals surface area contributed by atoms with Gasteiger partial charge in [-0.1, -0.05) is 30.3 Å². The van der Waals surface area contributed by atoms with Crippen molar-refractivity contribution >= 4 is 12.1 Å². The summed E-state index contributed by atoms with van der Waals surface area (Å²) in [5.74, 6) is -1.68. The molecule has 0 aromatic heterocycles. The van der Waals surface area contributed by atoms with E-state index in [2.05, 4.69) is 10.5 Å². The van der Waals surface area contributed by atoms with Crippen LogP contribution in [0.1, 0.15) is 11.1 Å². The van der Waals surface area contributed by atoms with Gasteiger partial charge in [-0.15, -0.1) is 0 Å². The Kier molecular flexibility index (Phi) is 6.89. The second kappa shape index (κ2) is 9.98. The van der Waals surface area contributed by atoms with Gasteiger partial charge >= 0.3 is 0 Å². The van der Waals surface area contributed by atoms with Gasteiger partial charge in [0.25, 0.3) is 5.91 Å². The average molecular weight is 396 g/mol. The molecule has 1 amide bonds. The molecular weight excluding hydrogens is 378 g/mol. The van der Waals surface area contributed by atoms with E-state index >= 15 is 0 Å². The Morgan fingerprint density at radius 2 is 1.72 bits per heavy atom. The van der Waals surface area contributed by atoms with Crippen LogP contribution in [0.5, 0.6) is 11.5 Å². The van der Waals surface area contributed by atoms with Gasteiger partial charge in [0.1, 0.15) is 18.2 Å². The van der Waals surface area contributed by atoms with Gasteiger partial charge < -0.3 is 9.47 Å². The molecule has 29 heavy (non-hydrogen) atoms. The van der Waals surface area contributed by atoms with Gasteiger partial charge in [0.2, 0.25) is 0 Å². The molecule has 3 aromatic rings. The van der Waals surface area contributed by atoms with Crippen molar-refractivity contribution in [1.29, 1.82) is 0 Å². The van der Waals surface area contributed by atoms with Crippen LogP contribution >= 0.6 is 0 Å². The van der Waals surface area contributed by atoms with Crippen molar-refractivity contribution < 1.29 is 23.0 Å². The van der Waals surface area contributed by atoms with Gasteiger partial charge in [0.05, 0.1) is 6.21 Å². The lowest BCUT2D eigenvalue weighted by Gasteiger charge is -2.06. The molecule has 1 N–H and O–H groups in total. The number of hydrazone groups is 1. The lowest BCUT2D eigenvalue weighted by Crippen LogP contribution is -2.24. The quantitative estimate of drug-likeness (QED) is 0.461. The lowest BCUT2D eigenvalue weighted by atomic mass is 10.2. The molecule has 0 radical (unpaired) electrons. The number of carbonyl (C=O) groups is 1. The summed E-state index contributed by atoms with van der Waals surface area (Å²) in [7, 11) is 0. The highest BCUT2D eigenvalue weighted by molar-refractivity contribution is 5.83. The van der Waals surface area contributed by atoms with Crippen molar-refractivity contribution in [3.8, 4) is 11.5 Å². The second-order valence-electron chi connectivity index (χ2n) is 6.00. The SMILES string of the molecule is O=C(COc1ccc(F)cc1F)N/N=C/c1ccc(OCc2ccccc2)cc1. The fourth-order valence-electron chi connectivity index (χ4n) is 2.34. The summed E-state index contributed by atoms with van der Waals surface area (Å²) < 4.78 is 36.9. The van der Waals surface area contributed by atoms with Crippen molar-refractivity contribution in [3.63, 3.8) is 0 Å². The van der Waals surface area contributed by atoms with E-state index in [9.17, 15) is 13.6 Å². The van der Waals surface area contributed by atoms with Crippen LogP contribution in [-0.4, -0.2) is 18.7 Å². The van der Waals surface area contributed by atoms with E-state index in [-0.39, 0.29) is 5.75 Å². The number of amides is 1. The zero-order valence-electron chi connectivity index (χ0n) is 15.3. The summed E-state index contributed by atoms with van der Waals surface area (Å²) in [4.78, 5) is 11.7. The predicted octanol–water partition coefficient (Wildman–Crippen LogP) is 4.07. The lowest BCUT2D eigenvalue weighted by molar-refractivity contribution is -0.123. The Labute approximate surface area is 166 Å². The first-order valence-corrected chi connectivity index (χ1v) is 8.77. The van der Waals surface area contributed by atoms with E-state index in [4.69, 9.17) is 9.47 Å². The molecule has 0 bridgehead atoms. The smallest absolute Gasteiger partial charge is 0.277 e. The molecule has 0 aliphatic carbocycles. The van der Waals surface area contributed by atoms with Crippen molar-refractivity contribution in [2.45, 2.75) is 6.61 Å². The van der Waals surface area contributed by atoms with Crippen LogP contribution in [0.4, 0.5) is 8.78 Å². The van der Waals surface area contributed by atoms with Crippen LogP contribution in [-0.2, 0) is 11.4 Å². The van der Waals surface area contributed by atoms with Crippen LogP contribution in [0.25, 0.3) is 0 Å². The fraction of sp³-hybridized carbons (Fsp3) is 0.0909. The molecule has 0 fully saturated rings. The Morgan fingerprint density at radius 3 is 2.45 bits per heavy atom. The molecule has 0 spiro atoms. The van der Waals surface area contributed by atoms with Crippen LogP contribution in [0.3, 0.4) is 0 Å². The molecule has 0 heterocycles. The number of hydrogen-bond donors (Lipinski definition) is 1. The fourth-order valence-corrected chi connectivity index (χ4v) is 2.34. The highest BCUT2D eigenvalue weighted by atomic mass is 19.1. The van der Waals surface area contributed by atoms with E-state index in [1.807, 2.05) is 30.3 Å². The number of hydrogen-bond acceptors (Lipinski definition) is 4. The standard InChI is InChI=1S/C22H18F2N2O3/c23-18-8-11-21(20(24)12-18)29-15-22(27)26-25-13-16-6-9-19(10-7-16)28-14-17-4-2-1-3-5-17/h1-13H,14-15H2,(H,26,27)/b25-13+. The van der Waals surface area contributed by atoms with Gasteiger partial charge in [-0.05, 0) is 47.5 Å². The zero-order valence-corrected chi connectivity index (χ0v) is 15.3. The molecule has 0 saturated carbocycles. The van der Waals surface area contributed by atoms with Crippen LogP contribution in [0, 0.1) is 11.6 Å². The van der Waals surface area contributed by atoms with E-state index in [0.29, 0.717) is 18.4 Å². The molecule has 0 saturated heterocycles. The highest BCUT2D eigenvalue weighted by Gasteiger charge is 2.07. The maximum Gasteiger partial charge on any atom is 0.277 e. The minimum Gasteiger partial charge on any atom is -0.489 e. The van der Waals surface area contributed by atoms with Crippen molar-refractivity contribution in [2.75, 3.05) is 6.61 Å². The first-order valence-electron chi connectivity index (χ1n) is 8.77. The Balaban J connectivity index is 1.43. The summed E-state index contributed by atoms with van der Waals surface area (Å²) in [5, 5.41) is 3.81. The second-order valence-corrected chi connectivity index (χ2v) is 6.00. The van der Waals surface area contributed by atoms with Gasteiger partial charge in [-0.25, -0.2) is 14.2 Å². The molecule has 0 aliphatic rings. The average Bonchev–Trinajstić information content (AvgIpc) is 2.73. The number of ether oxygens (including phenoxy) is 2. The van der Waals surface area contributed by atoms with Gasteiger partial charge in [-0.3, -0.25) is 4.79 Å². The topological polar surface area (TPSA) is 59.9 Å². The third-order valence-electron chi connectivity index (χ3n) is 3.78. The third-order valence-corrected chi connectivity index (χ3v) is 3.78. The minimum absolute atomic E-state index is 0.211. The first-order chi connectivity index (χ1) is 14.1. The normalized spacial score (nSPS) is 10.7. The number of nitrogens with zero attached hydrogens (tertiary/aromatic N) is 1. The van der Waals surface area contributed by atoms with E-state index < -0.39 is 24.1 Å². The molecule has 7 heteroatoms. The molecule has 148 valence electrons. The van der Waals surface area contributed by atoms with E-state index in [0.717, 1.165) is 23.3 Å². The van der Waals surface area contributed by atoms with E-state index in [1.54, 1.807) is 24.3 Å². The minimum atomic E-state index is -0.879. The summed E-state index contributed by atoms with van der Waals surface area (Å²) in [6.45, 7) is 0.0190. The summed E-state index contributed by atoms with van der Waals surface area (Å²) in [6.07, 6.45) is 1.46. The number of carbonyl (C=O) groups excluding carboxylic acids is 1. The largest absolute Gasteiger partial charge is 0.489 e. The van der Waals surface area contributed by atoms with Gasteiger partial charge in [0, 0.05) is 6.07 Å². The van der Waals surface area contributed by atoms with Gasteiger partial charge in [-0.2, -0.15) is 5.10 Å². The molecule has 5 nitrogen and oxygen atoms in total. The van der Waals surface area contributed by atoms with Crippen molar-refractivity contribution in [1.82, 2.24) is 5.43 Å². The Bertz CT molecular complexity index is 977. The zero-order chi connectivity index (χ0) is 20.5. The maximum atomic E-state index is 13.4. The summed E-state index contributed by atoms with van der Waals surface area (Å²) >= 11 is 0. The molecule has 3 rings (SSSR count). The van der Waals surface area contributed by atoms with Crippen LogP contribution < -0.4 is 14.9 Å². The summed E-state index contributed by atoms with van der Waals surface area (Å²) in [5.41, 5.74) is 4.10. The summed E-state index contributed by atoms with van der Waals surface area (Å²) in [6, 6.07) is 19.8. The first kappa shape index (κ1) is 20.0. The van der Waals surface area contributed by atoms with Gasteiger partial charge in [0.15, 0.2) is 18.2 Å². The maximum absolute atomic E-state index is 13.4.